The molecule has 1 unspecified atom stereocenters. The van der Waals surface area contributed by atoms with Crippen LogP contribution in [0.15, 0.2) is 54.7 Å². The van der Waals surface area contributed by atoms with Crippen LogP contribution in [0.5, 0.6) is 11.5 Å². The van der Waals surface area contributed by atoms with Crippen molar-refractivity contribution in [2.24, 2.45) is 0 Å². The molecule has 7 heteroatoms. The fourth-order valence-electron chi connectivity index (χ4n) is 4.30. The first kappa shape index (κ1) is 23.7. The van der Waals surface area contributed by atoms with E-state index in [-0.39, 0.29) is 18.2 Å². The zero-order chi connectivity index (χ0) is 21.6. The van der Waals surface area contributed by atoms with Crippen LogP contribution in [-0.4, -0.2) is 35.9 Å². The number of carbonyl (C=O) groups is 1. The van der Waals surface area contributed by atoms with Gasteiger partial charge in [-0.1, -0.05) is 42.8 Å². The van der Waals surface area contributed by atoms with Crippen LogP contribution in [0.1, 0.15) is 36.8 Å². The first-order valence-electron chi connectivity index (χ1n) is 10.7. The molecule has 0 fully saturated rings. The maximum Gasteiger partial charge on any atom is 0.511 e. The number of benzene rings is 2. The first-order chi connectivity index (χ1) is 15.1. The van der Waals surface area contributed by atoms with Crippen LogP contribution in [0.2, 0.25) is 0 Å². The van der Waals surface area contributed by atoms with Crippen LogP contribution in [0.25, 0.3) is 16.5 Å². The summed E-state index contributed by atoms with van der Waals surface area (Å²) in [6, 6.07) is 14.7. The summed E-state index contributed by atoms with van der Waals surface area (Å²) in [5.41, 5.74) is 4.82. The van der Waals surface area contributed by atoms with Gasteiger partial charge in [-0.05, 0) is 48.4 Å². The molecule has 0 spiro atoms. The molecule has 0 amide bonds. The predicted molar refractivity (Wildman–Crippen MR) is 129 cm³/mol. The lowest BCUT2D eigenvalue weighted by Gasteiger charge is -2.24. The smallest absolute Gasteiger partial charge is 0.493 e. The van der Waals surface area contributed by atoms with E-state index in [1.54, 1.807) is 6.07 Å². The predicted octanol–water partition coefficient (Wildman–Crippen LogP) is 5.81. The highest BCUT2D eigenvalue weighted by Gasteiger charge is 2.16. The van der Waals surface area contributed by atoms with Crippen molar-refractivity contribution in [2.45, 2.75) is 38.1 Å². The molecule has 170 valence electrons. The topological polar surface area (TPSA) is 83.6 Å². The Morgan fingerprint density at radius 3 is 2.72 bits per heavy atom. The number of nitrogens with one attached hydrogen (secondary N) is 2. The molecule has 32 heavy (non-hydrogen) atoms. The normalized spacial score (nSPS) is 15.7. The van der Waals surface area contributed by atoms with Crippen molar-refractivity contribution in [2.75, 3.05) is 13.7 Å². The summed E-state index contributed by atoms with van der Waals surface area (Å²) >= 11 is 0. The number of hydrogen-bond donors (Lipinski definition) is 3. The van der Waals surface area contributed by atoms with Gasteiger partial charge < -0.3 is 24.9 Å². The summed E-state index contributed by atoms with van der Waals surface area (Å²) in [6.07, 6.45) is 8.33. The number of aryl methyl sites for hydroxylation is 1. The van der Waals surface area contributed by atoms with E-state index in [1.807, 2.05) is 12.3 Å². The van der Waals surface area contributed by atoms with Crippen molar-refractivity contribution in [3.8, 4) is 11.5 Å². The van der Waals surface area contributed by atoms with Gasteiger partial charge in [-0.2, -0.15) is 0 Å². The quantitative estimate of drug-likeness (QED) is 0.226. The fraction of sp³-hybridized carbons (Fsp3) is 0.320. The van der Waals surface area contributed by atoms with Crippen molar-refractivity contribution < 1.29 is 19.4 Å². The Labute approximate surface area is 194 Å². The van der Waals surface area contributed by atoms with E-state index >= 15 is 0 Å². The van der Waals surface area contributed by atoms with Gasteiger partial charge in [0.1, 0.15) is 0 Å². The Morgan fingerprint density at radius 1 is 1.16 bits per heavy atom. The Kier molecular flexibility index (Phi) is 8.20. The van der Waals surface area contributed by atoms with Gasteiger partial charge in [0, 0.05) is 35.8 Å². The van der Waals surface area contributed by atoms with Gasteiger partial charge >= 0.3 is 6.16 Å². The van der Waals surface area contributed by atoms with Gasteiger partial charge in [-0.25, -0.2) is 4.79 Å². The van der Waals surface area contributed by atoms with Crippen LogP contribution >= 0.6 is 12.4 Å². The number of rotatable bonds is 8. The largest absolute Gasteiger partial charge is 0.511 e. The van der Waals surface area contributed by atoms with E-state index in [0.717, 1.165) is 49.6 Å². The summed E-state index contributed by atoms with van der Waals surface area (Å²) in [5, 5.41) is 13.6. The van der Waals surface area contributed by atoms with Crippen LogP contribution in [0.4, 0.5) is 4.79 Å². The molecule has 0 bridgehead atoms. The second-order valence-corrected chi connectivity index (χ2v) is 7.88. The standard InChI is InChI=1S/C25H28N2O4.ClH/c1-30-23-14-21-19(16-27-22(21)15-24(23)31-25(28)29)9-5-6-10-20-13-18(11-12-26-20)17-7-3-2-4-8-17;/h2-4,7-8,11,14-16,20,26-27H,5-6,9-10,12-13H2,1H3,(H,28,29);1H. The number of methoxy groups -OCH3 is 1. The van der Waals surface area contributed by atoms with E-state index in [1.165, 1.54) is 23.8 Å². The van der Waals surface area contributed by atoms with Gasteiger partial charge in [0.25, 0.3) is 0 Å². The lowest BCUT2D eigenvalue weighted by molar-refractivity contribution is 0.143. The van der Waals surface area contributed by atoms with Gasteiger partial charge in [0.15, 0.2) is 11.5 Å². The van der Waals surface area contributed by atoms with Crippen LogP contribution in [0.3, 0.4) is 0 Å². The van der Waals surface area contributed by atoms with Crippen LogP contribution in [-0.2, 0) is 6.42 Å². The molecule has 1 aliphatic heterocycles. The van der Waals surface area contributed by atoms with E-state index in [2.05, 4.69) is 46.7 Å². The van der Waals surface area contributed by atoms with Crippen molar-refractivity contribution in [3.05, 3.63) is 65.9 Å². The average molecular weight is 457 g/mol. The highest BCUT2D eigenvalue weighted by molar-refractivity contribution is 5.87. The Bertz CT molecular complexity index is 1080. The van der Waals surface area contributed by atoms with Crippen molar-refractivity contribution in [3.63, 3.8) is 0 Å². The number of fused-ring (bicyclic) bond motifs is 1. The number of aromatic nitrogens is 1. The maximum atomic E-state index is 10.9. The van der Waals surface area contributed by atoms with Crippen molar-refractivity contribution in [1.29, 1.82) is 0 Å². The molecule has 2 heterocycles. The number of ether oxygens (including phenoxy) is 2. The molecule has 3 aromatic rings. The molecule has 6 nitrogen and oxygen atoms in total. The summed E-state index contributed by atoms with van der Waals surface area (Å²) in [6.45, 7) is 0.928. The van der Waals surface area contributed by atoms with Crippen LogP contribution in [0, 0.1) is 0 Å². The zero-order valence-electron chi connectivity index (χ0n) is 18.1. The summed E-state index contributed by atoms with van der Waals surface area (Å²) in [5.74, 6) is 0.615. The number of halogens is 1. The average Bonchev–Trinajstić information content (AvgIpc) is 3.18. The number of unbranched alkanes of at least 4 members (excludes halogenated alkanes) is 1. The van der Waals surface area contributed by atoms with Gasteiger partial charge in [-0.3, -0.25) is 0 Å². The monoisotopic (exact) mass is 456 g/mol. The second kappa shape index (κ2) is 11.1. The van der Waals surface area contributed by atoms with E-state index in [4.69, 9.17) is 14.6 Å². The third-order valence-corrected chi connectivity index (χ3v) is 5.86. The Balaban J connectivity index is 0.00000289. The molecule has 3 N–H and O–H groups in total. The molecule has 0 aliphatic carbocycles. The van der Waals surface area contributed by atoms with E-state index in [9.17, 15) is 4.79 Å². The maximum absolute atomic E-state index is 10.9. The molecular formula is C25H29ClN2O4. The summed E-state index contributed by atoms with van der Waals surface area (Å²) in [4.78, 5) is 14.1. The Morgan fingerprint density at radius 2 is 1.97 bits per heavy atom. The molecule has 4 rings (SSSR count). The molecular weight excluding hydrogens is 428 g/mol. The van der Waals surface area contributed by atoms with E-state index in [0.29, 0.717) is 11.8 Å². The highest BCUT2D eigenvalue weighted by Crippen LogP contribution is 2.34. The van der Waals surface area contributed by atoms with Gasteiger partial charge in [0.2, 0.25) is 0 Å². The highest BCUT2D eigenvalue weighted by atomic mass is 35.5. The minimum Gasteiger partial charge on any atom is -0.493 e. The van der Waals surface area contributed by atoms with E-state index < -0.39 is 6.16 Å². The number of carboxylic acid groups (broad SMARTS) is 1. The minimum absolute atomic E-state index is 0. The molecule has 2 aromatic carbocycles. The van der Waals surface area contributed by atoms with Gasteiger partial charge in [-0.15, -0.1) is 12.4 Å². The zero-order valence-corrected chi connectivity index (χ0v) is 18.9. The Hall–Kier alpha value is -2.96. The molecule has 1 atom stereocenters. The molecule has 1 aliphatic rings. The minimum atomic E-state index is -1.36. The molecule has 0 saturated heterocycles. The van der Waals surface area contributed by atoms with Crippen molar-refractivity contribution >= 4 is 35.0 Å². The molecule has 0 radical (unpaired) electrons. The number of aromatic amines is 1. The molecule has 0 saturated carbocycles. The third-order valence-electron chi connectivity index (χ3n) is 5.86. The number of hydrogen-bond acceptors (Lipinski definition) is 4. The lowest BCUT2D eigenvalue weighted by Crippen LogP contribution is -2.32. The fourth-order valence-corrected chi connectivity index (χ4v) is 4.30. The summed E-state index contributed by atoms with van der Waals surface area (Å²) in [7, 11) is 1.51. The number of H-pyrrole nitrogens is 1. The second-order valence-electron chi connectivity index (χ2n) is 7.88. The lowest BCUT2D eigenvalue weighted by atomic mass is 9.92. The van der Waals surface area contributed by atoms with Gasteiger partial charge in [0.05, 0.1) is 7.11 Å². The summed E-state index contributed by atoms with van der Waals surface area (Å²) < 4.78 is 10.1. The first-order valence-corrected chi connectivity index (χ1v) is 10.7. The third kappa shape index (κ3) is 5.64. The van der Waals surface area contributed by atoms with Crippen LogP contribution < -0.4 is 14.8 Å². The van der Waals surface area contributed by atoms with Crippen molar-refractivity contribution in [1.82, 2.24) is 10.3 Å². The molecule has 1 aromatic heterocycles. The SMILES string of the molecule is COc1cc2c(CCCCC3CC(c4ccccc4)=CCN3)c[nH]c2cc1OC(=O)O.Cl.